The second-order valence-corrected chi connectivity index (χ2v) is 9.30. The van der Waals surface area contributed by atoms with E-state index in [4.69, 9.17) is 0 Å². The molecule has 4 heteroatoms. The van der Waals surface area contributed by atoms with Crippen LogP contribution in [0, 0.1) is 17.3 Å². The molecule has 0 aromatic heterocycles. The van der Waals surface area contributed by atoms with Crippen LogP contribution < -0.4 is 0 Å². The third-order valence-electron chi connectivity index (χ3n) is 7.31. The van der Waals surface area contributed by atoms with Crippen molar-refractivity contribution in [2.45, 2.75) is 71.1 Å². The molecule has 1 N–H and O–H groups in total. The standard InChI is InChI=1S/C26H35FO3/c1-17(7-5-9-25(29)30-4)22-12-13-23-19(8-6-14-26(22,23)3)10-11-20-15-21(28)16-24(27)18(20)2/h5,9-12,17,21,23-24,28H,2,6-8,13-16H2,1,3-4H3. The third kappa shape index (κ3) is 4.69. The van der Waals surface area contributed by atoms with Crippen molar-refractivity contribution < 1.29 is 19.0 Å². The van der Waals surface area contributed by atoms with Gasteiger partial charge in [0.1, 0.15) is 6.17 Å². The van der Waals surface area contributed by atoms with Crippen LogP contribution in [0.2, 0.25) is 0 Å². The number of aliphatic hydroxyl groups is 1. The monoisotopic (exact) mass is 414 g/mol. The largest absolute Gasteiger partial charge is 0.466 e. The summed E-state index contributed by atoms with van der Waals surface area (Å²) in [5, 5.41) is 9.93. The third-order valence-corrected chi connectivity index (χ3v) is 7.31. The number of hydrogen-bond donors (Lipinski definition) is 1. The van der Waals surface area contributed by atoms with Gasteiger partial charge in [-0.3, -0.25) is 0 Å². The van der Waals surface area contributed by atoms with E-state index in [-0.39, 0.29) is 17.8 Å². The number of methoxy groups -OCH3 is 1. The van der Waals surface area contributed by atoms with Gasteiger partial charge in [-0.2, -0.15) is 0 Å². The van der Waals surface area contributed by atoms with Crippen molar-refractivity contribution in [3.05, 3.63) is 59.3 Å². The molecule has 0 aromatic rings. The molecule has 0 heterocycles. The van der Waals surface area contributed by atoms with Gasteiger partial charge in [0, 0.05) is 12.5 Å². The number of ether oxygens (including phenoxy) is 1. The molecule has 0 aromatic carbocycles. The van der Waals surface area contributed by atoms with Gasteiger partial charge in [-0.15, -0.1) is 0 Å². The summed E-state index contributed by atoms with van der Waals surface area (Å²) in [6.45, 7) is 8.51. The molecule has 0 radical (unpaired) electrons. The summed E-state index contributed by atoms with van der Waals surface area (Å²) in [6, 6.07) is 0. The fourth-order valence-corrected chi connectivity index (χ4v) is 5.61. The number of hydrogen-bond acceptors (Lipinski definition) is 3. The van der Waals surface area contributed by atoms with E-state index in [1.165, 1.54) is 30.8 Å². The van der Waals surface area contributed by atoms with Gasteiger partial charge in [-0.1, -0.05) is 55.9 Å². The molecule has 5 unspecified atom stereocenters. The lowest BCUT2D eigenvalue weighted by atomic mass is 9.62. The van der Waals surface area contributed by atoms with Crippen LogP contribution in [0.1, 0.15) is 58.8 Å². The van der Waals surface area contributed by atoms with E-state index < -0.39 is 12.3 Å². The van der Waals surface area contributed by atoms with Gasteiger partial charge in [-0.25, -0.2) is 9.18 Å². The van der Waals surface area contributed by atoms with E-state index in [1.807, 2.05) is 12.2 Å². The lowest BCUT2D eigenvalue weighted by molar-refractivity contribution is -0.134. The lowest BCUT2D eigenvalue weighted by Gasteiger charge is -2.42. The summed E-state index contributed by atoms with van der Waals surface area (Å²) in [6.07, 6.45) is 14.1. The molecular weight excluding hydrogens is 379 g/mol. The molecular formula is C26H35FO3. The van der Waals surface area contributed by atoms with Gasteiger partial charge < -0.3 is 9.84 Å². The zero-order valence-corrected chi connectivity index (χ0v) is 18.5. The van der Waals surface area contributed by atoms with Crippen molar-refractivity contribution in [1.29, 1.82) is 0 Å². The van der Waals surface area contributed by atoms with Crippen LogP contribution in [0.4, 0.5) is 4.39 Å². The Hall–Kier alpha value is -1.94. The summed E-state index contributed by atoms with van der Waals surface area (Å²) in [5.41, 5.74) is 4.40. The molecule has 0 amide bonds. The molecule has 164 valence electrons. The summed E-state index contributed by atoms with van der Waals surface area (Å²) < 4.78 is 18.7. The Balaban J connectivity index is 1.74. The van der Waals surface area contributed by atoms with E-state index in [0.29, 0.717) is 23.8 Å². The second-order valence-electron chi connectivity index (χ2n) is 9.30. The Bertz CT molecular complexity index is 803. The van der Waals surface area contributed by atoms with Gasteiger partial charge in [0.25, 0.3) is 0 Å². The molecule has 2 fully saturated rings. The van der Waals surface area contributed by atoms with E-state index >= 15 is 0 Å². The maximum Gasteiger partial charge on any atom is 0.330 e. The summed E-state index contributed by atoms with van der Waals surface area (Å²) >= 11 is 0. The van der Waals surface area contributed by atoms with Gasteiger partial charge in [0.2, 0.25) is 0 Å². The molecule has 0 bridgehead atoms. The number of halogens is 1. The average molecular weight is 415 g/mol. The first-order valence-electron chi connectivity index (χ1n) is 11.1. The second kappa shape index (κ2) is 9.47. The number of allylic oxidation sites excluding steroid dienone is 7. The van der Waals surface area contributed by atoms with Crippen LogP contribution in [0.5, 0.6) is 0 Å². The maximum absolute atomic E-state index is 14.1. The maximum atomic E-state index is 14.1. The number of alkyl halides is 1. The zero-order chi connectivity index (χ0) is 21.9. The number of fused-ring (bicyclic) bond motifs is 1. The zero-order valence-electron chi connectivity index (χ0n) is 18.5. The van der Waals surface area contributed by atoms with Crippen LogP contribution >= 0.6 is 0 Å². The minimum atomic E-state index is -1.14. The van der Waals surface area contributed by atoms with Crippen molar-refractivity contribution in [2.24, 2.45) is 17.3 Å². The van der Waals surface area contributed by atoms with Crippen LogP contribution in [0.25, 0.3) is 0 Å². The first-order valence-corrected chi connectivity index (χ1v) is 11.1. The average Bonchev–Trinajstić information content (AvgIpc) is 3.06. The summed E-state index contributed by atoms with van der Waals surface area (Å²) in [5.74, 6) is 0.528. The normalized spacial score (nSPS) is 35.6. The smallest absolute Gasteiger partial charge is 0.330 e. The quantitative estimate of drug-likeness (QED) is 0.352. The molecule has 3 rings (SSSR count). The van der Waals surface area contributed by atoms with Crippen molar-refractivity contribution in [3.8, 4) is 0 Å². The minimum Gasteiger partial charge on any atom is -0.466 e. The molecule has 30 heavy (non-hydrogen) atoms. The molecule has 3 aliphatic carbocycles. The van der Waals surface area contributed by atoms with Crippen LogP contribution in [-0.4, -0.2) is 30.5 Å². The molecule has 5 atom stereocenters. The van der Waals surface area contributed by atoms with Crippen molar-refractivity contribution in [3.63, 3.8) is 0 Å². The Morgan fingerprint density at radius 2 is 2.23 bits per heavy atom. The number of carbonyl (C=O) groups excluding carboxylic acids is 1. The van der Waals surface area contributed by atoms with E-state index in [0.717, 1.165) is 31.3 Å². The van der Waals surface area contributed by atoms with Gasteiger partial charge >= 0.3 is 5.97 Å². The molecule has 0 aliphatic heterocycles. The number of carbonyl (C=O) groups is 1. The topological polar surface area (TPSA) is 46.5 Å². The Morgan fingerprint density at radius 3 is 2.97 bits per heavy atom. The fourth-order valence-electron chi connectivity index (χ4n) is 5.61. The minimum absolute atomic E-state index is 0.132. The van der Waals surface area contributed by atoms with E-state index in [1.54, 1.807) is 0 Å². The van der Waals surface area contributed by atoms with E-state index in [9.17, 15) is 14.3 Å². The van der Waals surface area contributed by atoms with Gasteiger partial charge in [0.05, 0.1) is 13.2 Å². The Morgan fingerprint density at radius 1 is 1.47 bits per heavy atom. The highest BCUT2D eigenvalue weighted by atomic mass is 19.1. The molecule has 3 nitrogen and oxygen atoms in total. The predicted molar refractivity (Wildman–Crippen MR) is 119 cm³/mol. The number of aliphatic hydroxyl groups excluding tert-OH is 1. The van der Waals surface area contributed by atoms with Crippen molar-refractivity contribution >= 4 is 5.97 Å². The fraction of sp³-hybridized carbons (Fsp3) is 0.577. The first-order chi connectivity index (χ1) is 14.3. The lowest BCUT2D eigenvalue weighted by Crippen LogP contribution is -2.32. The Kier molecular flexibility index (Phi) is 7.18. The van der Waals surface area contributed by atoms with Crippen molar-refractivity contribution in [2.75, 3.05) is 7.11 Å². The molecule has 3 aliphatic rings. The highest BCUT2D eigenvalue weighted by Gasteiger charge is 2.45. The van der Waals surface area contributed by atoms with Gasteiger partial charge in [-0.05, 0) is 66.9 Å². The first kappa shape index (κ1) is 22.7. The molecule has 2 saturated carbocycles. The van der Waals surface area contributed by atoms with Crippen LogP contribution in [0.15, 0.2) is 59.3 Å². The summed E-state index contributed by atoms with van der Waals surface area (Å²) in [4.78, 5) is 11.3. The van der Waals surface area contributed by atoms with Crippen molar-refractivity contribution in [1.82, 2.24) is 0 Å². The van der Waals surface area contributed by atoms with Crippen LogP contribution in [0.3, 0.4) is 0 Å². The summed E-state index contributed by atoms with van der Waals surface area (Å²) in [7, 11) is 1.39. The Labute approximate surface area is 180 Å². The number of esters is 1. The van der Waals surface area contributed by atoms with Gasteiger partial charge in [0.15, 0.2) is 0 Å². The molecule has 0 saturated heterocycles. The predicted octanol–water partition coefficient (Wildman–Crippen LogP) is 5.78. The van der Waals surface area contributed by atoms with E-state index in [2.05, 4.69) is 37.3 Å². The molecule has 0 spiro atoms. The van der Waals surface area contributed by atoms with Crippen LogP contribution in [-0.2, 0) is 9.53 Å². The highest BCUT2D eigenvalue weighted by Crippen LogP contribution is 2.56. The SMILES string of the molecule is C=C1C(=CC=C2CCCC3(C)C(C(C)CC=CC(=O)OC)=CCC23)CC(O)CC1F. The number of rotatable bonds is 5. The highest BCUT2D eigenvalue weighted by molar-refractivity contribution is 5.81.